The predicted molar refractivity (Wildman–Crippen MR) is 89.6 cm³/mol. The number of ether oxygens (including phenoxy) is 1. The van der Waals surface area contributed by atoms with Crippen LogP contribution in [0.2, 0.25) is 0 Å². The summed E-state index contributed by atoms with van der Waals surface area (Å²) in [6.45, 7) is 9.70. The number of aromatic nitrogens is 1. The number of nitrogens with zero attached hydrogens (tertiary/aromatic N) is 3. The maximum Gasteiger partial charge on any atom is 0.410 e. The molecule has 1 aromatic rings. The summed E-state index contributed by atoms with van der Waals surface area (Å²) in [5.74, 6) is 0.125. The second kappa shape index (κ2) is 7.29. The lowest BCUT2D eigenvalue weighted by Crippen LogP contribution is -2.51. The maximum atomic E-state index is 12.3. The molecular weight excluding hydrogens is 314 g/mol. The predicted octanol–water partition coefficient (Wildman–Crippen LogP) is 2.46. The molecule has 0 radical (unpaired) electrons. The van der Waals surface area contributed by atoms with Gasteiger partial charge < -0.3 is 14.5 Å². The monoisotopic (exact) mass is 339 g/mol. The molecule has 2 amide bonds. The second-order valence-electron chi connectivity index (χ2n) is 6.71. The maximum absolute atomic E-state index is 12.3. The molecule has 1 fully saturated rings. The van der Waals surface area contributed by atoms with Gasteiger partial charge in [-0.15, -0.1) is 11.3 Å². The molecule has 0 bridgehead atoms. The molecule has 7 heteroatoms. The summed E-state index contributed by atoms with van der Waals surface area (Å²) in [5.41, 5.74) is 0.489. The highest BCUT2D eigenvalue weighted by Gasteiger charge is 2.27. The van der Waals surface area contributed by atoms with Crippen LogP contribution < -0.4 is 0 Å². The first-order valence-corrected chi connectivity index (χ1v) is 8.79. The number of rotatable bonds is 3. The Morgan fingerprint density at radius 1 is 1.22 bits per heavy atom. The molecule has 2 rings (SSSR count). The molecule has 0 aliphatic carbocycles. The molecule has 6 nitrogen and oxygen atoms in total. The highest BCUT2D eigenvalue weighted by Crippen LogP contribution is 2.14. The van der Waals surface area contributed by atoms with E-state index in [0.29, 0.717) is 39.0 Å². The molecule has 0 N–H and O–H groups in total. The topological polar surface area (TPSA) is 62.7 Å². The summed E-state index contributed by atoms with van der Waals surface area (Å²) in [6, 6.07) is 0. The van der Waals surface area contributed by atoms with Crippen molar-refractivity contribution in [2.45, 2.75) is 46.1 Å². The van der Waals surface area contributed by atoms with Crippen LogP contribution in [0.3, 0.4) is 0 Å². The Kier molecular flexibility index (Phi) is 5.62. The van der Waals surface area contributed by atoms with Crippen LogP contribution in [0.4, 0.5) is 4.79 Å². The first-order valence-electron chi connectivity index (χ1n) is 7.91. The van der Waals surface area contributed by atoms with E-state index in [9.17, 15) is 9.59 Å². The highest BCUT2D eigenvalue weighted by molar-refractivity contribution is 7.09. The van der Waals surface area contributed by atoms with E-state index >= 15 is 0 Å². The smallest absolute Gasteiger partial charge is 0.410 e. The largest absolute Gasteiger partial charge is 0.444 e. The molecule has 128 valence electrons. The van der Waals surface area contributed by atoms with Crippen LogP contribution in [0.25, 0.3) is 0 Å². The molecule has 0 unspecified atom stereocenters. The van der Waals surface area contributed by atoms with Crippen LogP contribution >= 0.6 is 11.3 Å². The molecule has 0 saturated carbocycles. The first kappa shape index (κ1) is 17.7. The van der Waals surface area contributed by atoms with Gasteiger partial charge in [-0.05, 0) is 34.1 Å². The molecule has 0 spiro atoms. The molecule has 0 atom stereocenters. The van der Waals surface area contributed by atoms with Crippen molar-refractivity contribution in [3.05, 3.63) is 16.1 Å². The van der Waals surface area contributed by atoms with Gasteiger partial charge in [0.25, 0.3) is 0 Å². The summed E-state index contributed by atoms with van der Waals surface area (Å²) < 4.78 is 5.36. The van der Waals surface area contributed by atoms with Gasteiger partial charge in [0.15, 0.2) is 0 Å². The Bertz CT molecular complexity index is 557. The number of piperazine rings is 1. The van der Waals surface area contributed by atoms with E-state index in [4.69, 9.17) is 4.74 Å². The number of amides is 2. The second-order valence-corrected chi connectivity index (χ2v) is 7.77. The zero-order chi connectivity index (χ0) is 17.0. The number of hydrogen-bond acceptors (Lipinski definition) is 5. The van der Waals surface area contributed by atoms with Crippen molar-refractivity contribution in [3.63, 3.8) is 0 Å². The van der Waals surface area contributed by atoms with Gasteiger partial charge in [-0.1, -0.05) is 0 Å². The fourth-order valence-electron chi connectivity index (χ4n) is 2.38. The number of carbonyl (C=O) groups is 2. The van der Waals surface area contributed by atoms with E-state index in [2.05, 4.69) is 4.98 Å². The van der Waals surface area contributed by atoms with Crippen molar-refractivity contribution in [2.75, 3.05) is 26.2 Å². The quantitative estimate of drug-likeness (QED) is 0.849. The lowest BCUT2D eigenvalue weighted by molar-refractivity contribution is -0.132. The molecule has 1 aromatic heterocycles. The Hall–Kier alpha value is -1.63. The average Bonchev–Trinajstić information content (AvgIpc) is 2.89. The molecule has 1 aliphatic heterocycles. The molecule has 1 aliphatic rings. The van der Waals surface area contributed by atoms with Gasteiger partial charge in [-0.3, -0.25) is 4.79 Å². The van der Waals surface area contributed by atoms with Gasteiger partial charge in [0.05, 0.1) is 10.7 Å². The molecular formula is C16H25N3O3S. The van der Waals surface area contributed by atoms with E-state index in [-0.39, 0.29) is 12.0 Å². The zero-order valence-electron chi connectivity index (χ0n) is 14.3. The van der Waals surface area contributed by atoms with Crippen LogP contribution in [0.15, 0.2) is 5.38 Å². The van der Waals surface area contributed by atoms with E-state index in [1.54, 1.807) is 16.2 Å². The third-order valence-corrected chi connectivity index (χ3v) is 4.37. The summed E-state index contributed by atoms with van der Waals surface area (Å²) >= 11 is 1.61. The van der Waals surface area contributed by atoms with Crippen molar-refractivity contribution in [3.8, 4) is 0 Å². The summed E-state index contributed by atoms with van der Waals surface area (Å²) in [5, 5.41) is 3.03. The first-order chi connectivity index (χ1) is 10.7. The Morgan fingerprint density at radius 2 is 1.83 bits per heavy atom. The number of hydrogen-bond donors (Lipinski definition) is 0. The molecule has 0 aromatic carbocycles. The standard InChI is InChI=1S/C16H25N3O3S/c1-12-17-13(11-23-12)5-6-14(20)18-7-9-19(10-8-18)15(21)22-16(2,3)4/h11H,5-10H2,1-4H3. The summed E-state index contributed by atoms with van der Waals surface area (Å²) in [4.78, 5) is 32.1. The van der Waals surface area contributed by atoms with E-state index in [1.165, 1.54) is 0 Å². The van der Waals surface area contributed by atoms with Crippen LogP contribution in [-0.4, -0.2) is 58.6 Å². The third kappa shape index (κ3) is 5.49. The van der Waals surface area contributed by atoms with Crippen LogP contribution in [-0.2, 0) is 16.0 Å². The van der Waals surface area contributed by atoms with Gasteiger partial charge >= 0.3 is 6.09 Å². The van der Waals surface area contributed by atoms with E-state index < -0.39 is 5.60 Å². The Morgan fingerprint density at radius 3 is 2.35 bits per heavy atom. The van der Waals surface area contributed by atoms with Crippen molar-refractivity contribution >= 4 is 23.3 Å². The van der Waals surface area contributed by atoms with Gasteiger partial charge in [-0.25, -0.2) is 9.78 Å². The van der Waals surface area contributed by atoms with E-state index in [0.717, 1.165) is 10.7 Å². The van der Waals surface area contributed by atoms with Crippen LogP contribution in [0.1, 0.15) is 37.9 Å². The van der Waals surface area contributed by atoms with Gasteiger partial charge in [-0.2, -0.15) is 0 Å². The van der Waals surface area contributed by atoms with Crippen molar-refractivity contribution in [1.82, 2.24) is 14.8 Å². The van der Waals surface area contributed by atoms with Crippen LogP contribution in [0, 0.1) is 6.92 Å². The minimum atomic E-state index is -0.490. The fourth-order valence-corrected chi connectivity index (χ4v) is 3.03. The third-order valence-electron chi connectivity index (χ3n) is 3.55. The molecule has 23 heavy (non-hydrogen) atoms. The minimum Gasteiger partial charge on any atom is -0.444 e. The zero-order valence-corrected chi connectivity index (χ0v) is 15.1. The fraction of sp³-hybridized carbons (Fsp3) is 0.688. The van der Waals surface area contributed by atoms with Crippen LogP contribution in [0.5, 0.6) is 0 Å². The average molecular weight is 339 g/mol. The molecule has 2 heterocycles. The Balaban J connectivity index is 1.75. The van der Waals surface area contributed by atoms with Crippen molar-refractivity contribution in [2.24, 2.45) is 0 Å². The summed E-state index contributed by atoms with van der Waals surface area (Å²) in [6.07, 6.45) is 0.841. The van der Waals surface area contributed by atoms with Crippen molar-refractivity contribution < 1.29 is 14.3 Å². The number of thiazole rings is 1. The summed E-state index contributed by atoms with van der Waals surface area (Å²) in [7, 11) is 0. The normalized spacial score (nSPS) is 15.7. The SMILES string of the molecule is Cc1nc(CCC(=O)N2CCN(C(=O)OC(C)(C)C)CC2)cs1. The van der Waals surface area contributed by atoms with Crippen molar-refractivity contribution in [1.29, 1.82) is 0 Å². The van der Waals surface area contributed by atoms with E-state index in [1.807, 2.05) is 38.0 Å². The van der Waals surface area contributed by atoms with Gasteiger partial charge in [0.1, 0.15) is 5.60 Å². The lowest BCUT2D eigenvalue weighted by atomic mass is 10.2. The van der Waals surface area contributed by atoms with Gasteiger partial charge in [0.2, 0.25) is 5.91 Å². The molecule has 1 saturated heterocycles. The number of aryl methyl sites for hydroxylation is 2. The lowest BCUT2D eigenvalue weighted by Gasteiger charge is -2.35. The Labute approximate surface area is 141 Å². The van der Waals surface area contributed by atoms with Gasteiger partial charge in [0, 0.05) is 38.0 Å². The highest BCUT2D eigenvalue weighted by atomic mass is 32.1. The minimum absolute atomic E-state index is 0.125. The number of carbonyl (C=O) groups excluding carboxylic acids is 2.